The van der Waals surface area contributed by atoms with Gasteiger partial charge in [-0.15, -0.1) is 0 Å². The smallest absolute Gasteiger partial charge is 0.198 e. The molecule has 3 rings (SSSR count). The molecule has 0 aliphatic heterocycles. The molecule has 0 saturated heterocycles. The quantitative estimate of drug-likeness (QED) is 0.502. The van der Waals surface area contributed by atoms with Crippen LogP contribution in [0.3, 0.4) is 0 Å². The molecule has 0 aliphatic rings. The molecule has 0 aromatic heterocycles. The fourth-order valence-corrected chi connectivity index (χ4v) is 3.14. The van der Waals surface area contributed by atoms with Gasteiger partial charge in [-0.05, 0) is 29.8 Å². The van der Waals surface area contributed by atoms with Crippen LogP contribution in [0, 0.1) is 11.3 Å². The number of methoxy groups -OCH3 is 2. The molecular weight excluding hydrogens is 376 g/mol. The predicted octanol–water partition coefficient (Wildman–Crippen LogP) is 4.71. The number of benzene rings is 3. The molecule has 28 heavy (non-hydrogen) atoms. The molecule has 2 N–H and O–H groups in total. The zero-order valence-corrected chi connectivity index (χ0v) is 16.1. The molecule has 0 bridgehead atoms. The molecule has 0 amide bonds. The highest BCUT2D eigenvalue weighted by Crippen LogP contribution is 2.44. The van der Waals surface area contributed by atoms with Crippen molar-refractivity contribution < 1.29 is 14.3 Å². The molecule has 0 spiro atoms. The van der Waals surface area contributed by atoms with Crippen LogP contribution in [0.1, 0.15) is 21.5 Å². The van der Waals surface area contributed by atoms with Crippen LogP contribution in [0.15, 0.2) is 54.6 Å². The summed E-state index contributed by atoms with van der Waals surface area (Å²) in [5.41, 5.74) is 8.70. The lowest BCUT2D eigenvalue weighted by atomic mass is 9.93. The van der Waals surface area contributed by atoms with Gasteiger partial charge in [-0.25, -0.2) is 0 Å². The number of nitrogens with zero attached hydrogens (tertiary/aromatic N) is 1. The minimum absolute atomic E-state index is 0.211. The van der Waals surface area contributed by atoms with E-state index in [2.05, 4.69) is 0 Å². The lowest BCUT2D eigenvalue weighted by Gasteiger charge is -2.19. The average Bonchev–Trinajstić information content (AvgIpc) is 2.73. The Balaban J connectivity index is 2.27. The summed E-state index contributed by atoms with van der Waals surface area (Å²) in [5, 5.41) is 9.70. The number of halogens is 1. The Kier molecular flexibility index (Phi) is 5.53. The first-order chi connectivity index (χ1) is 13.5. The van der Waals surface area contributed by atoms with Crippen LogP contribution >= 0.6 is 11.6 Å². The first kappa shape index (κ1) is 19.3. The minimum Gasteiger partial charge on any atom is -0.496 e. The van der Waals surface area contributed by atoms with Crippen LogP contribution in [0.2, 0.25) is 5.02 Å². The number of ether oxygens (including phenoxy) is 2. The van der Waals surface area contributed by atoms with Gasteiger partial charge in [0.15, 0.2) is 5.78 Å². The number of carbonyl (C=O) groups excluding carboxylic acids is 1. The van der Waals surface area contributed by atoms with Crippen LogP contribution < -0.4 is 15.2 Å². The monoisotopic (exact) mass is 392 g/mol. The van der Waals surface area contributed by atoms with E-state index in [-0.39, 0.29) is 17.0 Å². The van der Waals surface area contributed by atoms with Gasteiger partial charge < -0.3 is 15.2 Å². The Hall–Kier alpha value is -3.49. The molecular formula is C22H17ClN2O3. The molecule has 0 saturated carbocycles. The van der Waals surface area contributed by atoms with Crippen molar-refractivity contribution >= 4 is 23.1 Å². The first-order valence-corrected chi connectivity index (χ1v) is 8.73. The number of nitriles is 1. The molecule has 6 heteroatoms. The van der Waals surface area contributed by atoms with E-state index in [9.17, 15) is 4.79 Å². The highest BCUT2D eigenvalue weighted by Gasteiger charge is 2.25. The molecule has 5 nitrogen and oxygen atoms in total. The van der Waals surface area contributed by atoms with Gasteiger partial charge in [-0.3, -0.25) is 4.79 Å². The van der Waals surface area contributed by atoms with Crippen LogP contribution in [0.5, 0.6) is 11.5 Å². The zero-order chi connectivity index (χ0) is 20.3. The van der Waals surface area contributed by atoms with E-state index in [0.717, 1.165) is 5.56 Å². The predicted molar refractivity (Wildman–Crippen MR) is 109 cm³/mol. The third-order valence-corrected chi connectivity index (χ3v) is 4.57. The van der Waals surface area contributed by atoms with E-state index in [1.54, 1.807) is 36.4 Å². The molecule has 0 aliphatic carbocycles. The number of ketones is 1. The highest BCUT2D eigenvalue weighted by molar-refractivity contribution is 6.30. The molecule has 0 unspecified atom stereocenters. The second kappa shape index (κ2) is 8.03. The van der Waals surface area contributed by atoms with E-state index in [0.29, 0.717) is 33.2 Å². The van der Waals surface area contributed by atoms with Crippen LogP contribution in [-0.2, 0) is 0 Å². The van der Waals surface area contributed by atoms with Gasteiger partial charge in [0.05, 0.1) is 42.7 Å². The van der Waals surface area contributed by atoms with Crippen molar-refractivity contribution in [1.82, 2.24) is 0 Å². The second-order valence-electron chi connectivity index (χ2n) is 5.98. The van der Waals surface area contributed by atoms with Crippen molar-refractivity contribution in [2.24, 2.45) is 0 Å². The van der Waals surface area contributed by atoms with Crippen LogP contribution in [-0.4, -0.2) is 20.0 Å². The molecule has 140 valence electrons. The summed E-state index contributed by atoms with van der Waals surface area (Å²) >= 11 is 6.00. The molecule has 3 aromatic rings. The summed E-state index contributed by atoms with van der Waals surface area (Å²) in [6.07, 6.45) is 0. The Labute approximate surface area is 167 Å². The summed E-state index contributed by atoms with van der Waals surface area (Å²) in [7, 11) is 2.99. The maximum absolute atomic E-state index is 13.2. The van der Waals surface area contributed by atoms with Gasteiger partial charge in [0.2, 0.25) is 0 Å². The fourth-order valence-electron chi connectivity index (χ4n) is 3.02. The van der Waals surface area contributed by atoms with Crippen LogP contribution in [0.25, 0.3) is 11.1 Å². The fraction of sp³-hybridized carbons (Fsp3) is 0.0909. The SMILES string of the molecule is COc1cc(N)c(C(=O)c2cccc(C#N)c2)c(OC)c1-c1ccc(Cl)cc1. The Bertz CT molecular complexity index is 1090. The van der Waals surface area contributed by atoms with Crippen molar-refractivity contribution in [3.63, 3.8) is 0 Å². The summed E-state index contributed by atoms with van der Waals surface area (Å²) in [6.45, 7) is 0. The summed E-state index contributed by atoms with van der Waals surface area (Å²) in [6, 6.07) is 17.2. The van der Waals surface area contributed by atoms with Gasteiger partial charge >= 0.3 is 0 Å². The number of anilines is 1. The summed E-state index contributed by atoms with van der Waals surface area (Å²) in [4.78, 5) is 13.2. The van der Waals surface area contributed by atoms with E-state index in [1.165, 1.54) is 20.3 Å². The van der Waals surface area contributed by atoms with Gasteiger partial charge in [0.25, 0.3) is 0 Å². The summed E-state index contributed by atoms with van der Waals surface area (Å²) in [5.74, 6) is 0.426. The molecule has 3 aromatic carbocycles. The topological polar surface area (TPSA) is 85.3 Å². The van der Waals surface area contributed by atoms with Crippen LogP contribution in [0.4, 0.5) is 5.69 Å². The normalized spacial score (nSPS) is 10.2. The van der Waals surface area contributed by atoms with Gasteiger partial charge in [-0.2, -0.15) is 5.26 Å². The van der Waals surface area contributed by atoms with Crippen molar-refractivity contribution in [2.75, 3.05) is 20.0 Å². The van der Waals surface area contributed by atoms with E-state index < -0.39 is 0 Å². The molecule has 0 radical (unpaired) electrons. The zero-order valence-electron chi connectivity index (χ0n) is 15.3. The number of hydrogen-bond acceptors (Lipinski definition) is 5. The number of nitrogens with two attached hydrogens (primary N) is 1. The Morgan fingerprint density at radius 1 is 1.07 bits per heavy atom. The average molecular weight is 393 g/mol. The Morgan fingerprint density at radius 3 is 2.39 bits per heavy atom. The number of rotatable bonds is 5. The van der Waals surface area contributed by atoms with Crippen molar-refractivity contribution in [3.05, 3.63) is 76.3 Å². The lowest BCUT2D eigenvalue weighted by Crippen LogP contribution is -2.10. The first-order valence-electron chi connectivity index (χ1n) is 8.35. The van der Waals surface area contributed by atoms with E-state index in [1.807, 2.05) is 18.2 Å². The van der Waals surface area contributed by atoms with Crippen molar-refractivity contribution in [2.45, 2.75) is 0 Å². The largest absolute Gasteiger partial charge is 0.496 e. The standard InChI is InChI=1S/C22H17ClN2O3/c1-27-18-11-17(25)20(21(26)15-5-3-4-13(10-15)12-24)22(28-2)19(18)14-6-8-16(23)9-7-14/h3-11H,25H2,1-2H3. The summed E-state index contributed by atoms with van der Waals surface area (Å²) < 4.78 is 11.1. The van der Waals surface area contributed by atoms with Gasteiger partial charge in [0.1, 0.15) is 11.5 Å². The second-order valence-corrected chi connectivity index (χ2v) is 6.42. The molecule has 0 fully saturated rings. The third-order valence-electron chi connectivity index (χ3n) is 4.31. The molecule has 0 heterocycles. The number of nitrogen functional groups attached to an aromatic ring is 1. The number of hydrogen-bond donors (Lipinski definition) is 1. The molecule has 0 atom stereocenters. The number of carbonyl (C=O) groups is 1. The third kappa shape index (κ3) is 3.51. The van der Waals surface area contributed by atoms with Gasteiger partial charge in [0, 0.05) is 16.7 Å². The highest BCUT2D eigenvalue weighted by atomic mass is 35.5. The van der Waals surface area contributed by atoms with Crippen molar-refractivity contribution in [1.29, 1.82) is 5.26 Å². The van der Waals surface area contributed by atoms with E-state index in [4.69, 9.17) is 32.1 Å². The van der Waals surface area contributed by atoms with Gasteiger partial charge in [-0.1, -0.05) is 35.9 Å². The Morgan fingerprint density at radius 2 is 1.79 bits per heavy atom. The van der Waals surface area contributed by atoms with E-state index >= 15 is 0 Å². The lowest BCUT2D eigenvalue weighted by molar-refractivity contribution is 0.103. The maximum Gasteiger partial charge on any atom is 0.198 e. The maximum atomic E-state index is 13.2. The van der Waals surface area contributed by atoms with Crippen molar-refractivity contribution in [3.8, 4) is 28.7 Å². The minimum atomic E-state index is -0.343.